The van der Waals surface area contributed by atoms with E-state index in [1.807, 2.05) is 6.92 Å². The van der Waals surface area contributed by atoms with Crippen LogP contribution in [-0.4, -0.2) is 36.4 Å². The van der Waals surface area contributed by atoms with E-state index in [0.29, 0.717) is 12.1 Å². The molecule has 3 unspecified atom stereocenters. The van der Waals surface area contributed by atoms with Crippen molar-refractivity contribution in [2.24, 2.45) is 0 Å². The van der Waals surface area contributed by atoms with Crippen LogP contribution in [0.25, 0.3) is 0 Å². The molecule has 1 rings (SSSR count). The Bertz CT molecular complexity index is 130. The summed E-state index contributed by atoms with van der Waals surface area (Å²) in [4.78, 5) is 0. The Morgan fingerprint density at radius 3 is 2.83 bits per heavy atom. The van der Waals surface area contributed by atoms with Crippen molar-refractivity contribution in [2.75, 3.05) is 13.1 Å². The minimum absolute atomic E-state index is 0.144. The van der Waals surface area contributed by atoms with Gasteiger partial charge < -0.3 is 15.7 Å². The lowest BCUT2D eigenvalue weighted by Crippen LogP contribution is -2.54. The van der Waals surface area contributed by atoms with Gasteiger partial charge in [0, 0.05) is 25.2 Å². The van der Waals surface area contributed by atoms with Crippen molar-refractivity contribution in [3.05, 3.63) is 0 Å². The molecule has 1 saturated heterocycles. The summed E-state index contributed by atoms with van der Waals surface area (Å²) in [6.45, 7) is 6.21. The third-order valence-corrected chi connectivity index (χ3v) is 2.39. The molecule has 12 heavy (non-hydrogen) atoms. The molecular formula is C9H20N2O. The summed E-state index contributed by atoms with van der Waals surface area (Å²) in [6, 6.07) is 0.983. The van der Waals surface area contributed by atoms with E-state index >= 15 is 0 Å². The van der Waals surface area contributed by atoms with Gasteiger partial charge in [0.15, 0.2) is 0 Å². The predicted octanol–water partition coefficient (Wildman–Crippen LogP) is 0.0973. The van der Waals surface area contributed by atoms with Crippen LogP contribution in [-0.2, 0) is 0 Å². The fourth-order valence-electron chi connectivity index (χ4n) is 1.64. The van der Waals surface area contributed by atoms with Gasteiger partial charge in [0.05, 0.1) is 6.10 Å². The van der Waals surface area contributed by atoms with E-state index in [9.17, 15) is 5.11 Å². The molecule has 0 aromatic rings. The molecule has 0 aromatic heterocycles. The van der Waals surface area contributed by atoms with Gasteiger partial charge in [-0.1, -0.05) is 6.92 Å². The van der Waals surface area contributed by atoms with Crippen molar-refractivity contribution in [1.82, 2.24) is 10.6 Å². The molecule has 0 spiro atoms. The fourth-order valence-corrected chi connectivity index (χ4v) is 1.64. The number of aliphatic hydroxyl groups excluding tert-OH is 1. The minimum atomic E-state index is -0.144. The van der Waals surface area contributed by atoms with E-state index in [0.717, 1.165) is 25.9 Å². The van der Waals surface area contributed by atoms with Crippen LogP contribution in [0.4, 0.5) is 0 Å². The Hall–Kier alpha value is -0.120. The highest BCUT2D eigenvalue weighted by Gasteiger charge is 2.19. The largest absolute Gasteiger partial charge is 0.393 e. The molecule has 1 aliphatic rings. The zero-order chi connectivity index (χ0) is 8.97. The van der Waals surface area contributed by atoms with Gasteiger partial charge in [0.2, 0.25) is 0 Å². The average molecular weight is 172 g/mol. The first-order valence-corrected chi connectivity index (χ1v) is 4.87. The first-order chi connectivity index (χ1) is 5.72. The number of nitrogens with one attached hydrogen (secondary N) is 2. The third kappa shape index (κ3) is 3.09. The van der Waals surface area contributed by atoms with Gasteiger partial charge in [-0.05, 0) is 19.8 Å². The van der Waals surface area contributed by atoms with E-state index in [1.54, 1.807) is 0 Å². The lowest BCUT2D eigenvalue weighted by molar-refractivity contribution is 0.137. The summed E-state index contributed by atoms with van der Waals surface area (Å²) >= 11 is 0. The first kappa shape index (κ1) is 9.96. The van der Waals surface area contributed by atoms with Gasteiger partial charge in [-0.25, -0.2) is 0 Å². The second-order valence-electron chi connectivity index (χ2n) is 3.72. The molecule has 0 amide bonds. The molecule has 0 saturated carbocycles. The number of hydrogen-bond acceptors (Lipinski definition) is 3. The molecule has 0 aliphatic carbocycles. The van der Waals surface area contributed by atoms with Gasteiger partial charge in [-0.3, -0.25) is 0 Å². The molecule has 3 N–H and O–H groups in total. The van der Waals surface area contributed by atoms with Gasteiger partial charge in [0.1, 0.15) is 0 Å². The Morgan fingerprint density at radius 2 is 2.25 bits per heavy atom. The molecule has 0 aromatic carbocycles. The zero-order valence-electron chi connectivity index (χ0n) is 8.01. The van der Waals surface area contributed by atoms with E-state index in [2.05, 4.69) is 17.6 Å². The van der Waals surface area contributed by atoms with E-state index in [-0.39, 0.29) is 6.10 Å². The standard InChI is InChI=1S/C9H20N2O/c1-3-9(12)4-8-6-10-5-7(2)11-8/h7-12H,3-6H2,1-2H3. The summed E-state index contributed by atoms with van der Waals surface area (Å²) in [6.07, 6.45) is 1.58. The number of aliphatic hydroxyl groups is 1. The smallest absolute Gasteiger partial charge is 0.0553 e. The summed E-state index contributed by atoms with van der Waals surface area (Å²) < 4.78 is 0. The highest BCUT2D eigenvalue weighted by Crippen LogP contribution is 2.04. The van der Waals surface area contributed by atoms with Gasteiger partial charge in [-0.15, -0.1) is 0 Å². The molecule has 72 valence electrons. The maximum Gasteiger partial charge on any atom is 0.0553 e. The fraction of sp³-hybridized carbons (Fsp3) is 1.00. The van der Waals surface area contributed by atoms with Crippen LogP contribution in [0.2, 0.25) is 0 Å². The predicted molar refractivity (Wildman–Crippen MR) is 50.2 cm³/mol. The van der Waals surface area contributed by atoms with Gasteiger partial charge in [0.25, 0.3) is 0 Å². The van der Waals surface area contributed by atoms with Crippen LogP contribution in [0.15, 0.2) is 0 Å². The highest BCUT2D eigenvalue weighted by molar-refractivity contribution is 4.82. The summed E-state index contributed by atoms with van der Waals surface area (Å²) in [5.74, 6) is 0. The lowest BCUT2D eigenvalue weighted by Gasteiger charge is -2.30. The second kappa shape index (κ2) is 4.80. The highest BCUT2D eigenvalue weighted by atomic mass is 16.3. The zero-order valence-corrected chi connectivity index (χ0v) is 8.01. The Morgan fingerprint density at radius 1 is 1.50 bits per heavy atom. The average Bonchev–Trinajstić information content (AvgIpc) is 2.04. The molecule has 1 heterocycles. The second-order valence-corrected chi connectivity index (χ2v) is 3.72. The summed E-state index contributed by atoms with van der Waals surface area (Å²) in [5, 5.41) is 16.2. The van der Waals surface area contributed by atoms with Crippen LogP contribution >= 0.6 is 0 Å². The van der Waals surface area contributed by atoms with E-state index in [1.165, 1.54) is 0 Å². The topological polar surface area (TPSA) is 44.3 Å². The molecular weight excluding hydrogens is 152 g/mol. The quantitative estimate of drug-likeness (QED) is 0.565. The van der Waals surface area contributed by atoms with Gasteiger partial charge >= 0.3 is 0 Å². The number of rotatable bonds is 3. The van der Waals surface area contributed by atoms with Crippen LogP contribution in [0.1, 0.15) is 26.7 Å². The van der Waals surface area contributed by atoms with Crippen LogP contribution in [0, 0.1) is 0 Å². The normalized spacial score (nSPS) is 33.2. The Kier molecular flexibility index (Phi) is 3.98. The molecule has 1 aliphatic heterocycles. The molecule has 3 nitrogen and oxygen atoms in total. The first-order valence-electron chi connectivity index (χ1n) is 4.87. The van der Waals surface area contributed by atoms with Crippen LogP contribution < -0.4 is 10.6 Å². The Labute approximate surface area is 74.5 Å². The SMILES string of the molecule is CCC(O)CC1CNCC(C)N1. The summed E-state index contributed by atoms with van der Waals surface area (Å²) in [5.41, 5.74) is 0. The third-order valence-electron chi connectivity index (χ3n) is 2.39. The number of piperazine rings is 1. The van der Waals surface area contributed by atoms with Crippen LogP contribution in [0.3, 0.4) is 0 Å². The van der Waals surface area contributed by atoms with E-state index < -0.39 is 0 Å². The van der Waals surface area contributed by atoms with Crippen LogP contribution in [0.5, 0.6) is 0 Å². The summed E-state index contributed by atoms with van der Waals surface area (Å²) in [7, 11) is 0. The molecule has 3 atom stereocenters. The molecule has 1 fully saturated rings. The van der Waals surface area contributed by atoms with E-state index in [4.69, 9.17) is 0 Å². The maximum absolute atomic E-state index is 9.43. The molecule has 3 heteroatoms. The Balaban J connectivity index is 2.22. The van der Waals surface area contributed by atoms with Crippen molar-refractivity contribution in [3.63, 3.8) is 0 Å². The van der Waals surface area contributed by atoms with Crippen molar-refractivity contribution >= 4 is 0 Å². The van der Waals surface area contributed by atoms with Crippen molar-refractivity contribution < 1.29 is 5.11 Å². The van der Waals surface area contributed by atoms with Crippen molar-refractivity contribution in [2.45, 2.75) is 44.9 Å². The minimum Gasteiger partial charge on any atom is -0.393 e. The van der Waals surface area contributed by atoms with Crippen molar-refractivity contribution in [1.29, 1.82) is 0 Å². The maximum atomic E-state index is 9.43. The molecule has 0 radical (unpaired) electrons. The lowest BCUT2D eigenvalue weighted by atomic mass is 10.0. The van der Waals surface area contributed by atoms with Gasteiger partial charge in [-0.2, -0.15) is 0 Å². The number of hydrogen-bond donors (Lipinski definition) is 3. The molecule has 0 bridgehead atoms. The van der Waals surface area contributed by atoms with Crippen molar-refractivity contribution in [3.8, 4) is 0 Å². The monoisotopic (exact) mass is 172 g/mol.